The van der Waals surface area contributed by atoms with Gasteiger partial charge in [-0.3, -0.25) is 4.79 Å². The van der Waals surface area contributed by atoms with Crippen molar-refractivity contribution in [1.29, 1.82) is 0 Å². The largest absolute Gasteiger partial charge is 0.299 e. The van der Waals surface area contributed by atoms with Crippen molar-refractivity contribution in [3.8, 4) is 0 Å². The van der Waals surface area contributed by atoms with Crippen LogP contribution >= 0.6 is 15.9 Å². The van der Waals surface area contributed by atoms with E-state index < -0.39 is 0 Å². The zero-order valence-corrected chi connectivity index (χ0v) is 8.83. The van der Waals surface area contributed by atoms with Gasteiger partial charge in [0.2, 0.25) is 0 Å². The third-order valence-corrected chi connectivity index (χ3v) is 5.66. The van der Waals surface area contributed by atoms with Crippen LogP contribution in [0, 0.1) is 35.5 Å². The van der Waals surface area contributed by atoms with Gasteiger partial charge in [-0.05, 0) is 34.6 Å². The molecule has 2 bridgehead atoms. The molecule has 0 aliphatic heterocycles. The van der Waals surface area contributed by atoms with Crippen molar-refractivity contribution in [2.45, 2.75) is 12.8 Å². The van der Waals surface area contributed by atoms with E-state index in [1.807, 2.05) is 0 Å². The van der Waals surface area contributed by atoms with Gasteiger partial charge in [-0.25, -0.2) is 0 Å². The predicted molar refractivity (Wildman–Crippen MR) is 52.2 cm³/mol. The zero-order valence-electron chi connectivity index (χ0n) is 7.24. The Morgan fingerprint density at radius 3 is 2.92 bits per heavy atom. The molecule has 0 aromatic rings. The van der Waals surface area contributed by atoms with E-state index in [0.717, 1.165) is 30.1 Å². The number of carbonyl (C=O) groups excluding carboxylic acids is 1. The second kappa shape index (κ2) is 1.95. The van der Waals surface area contributed by atoms with Crippen LogP contribution in [0.15, 0.2) is 10.6 Å². The lowest BCUT2D eigenvalue weighted by Crippen LogP contribution is -2.24. The molecule has 0 spiro atoms. The third kappa shape index (κ3) is 0.604. The highest BCUT2D eigenvalue weighted by atomic mass is 79.9. The molecule has 2 heteroatoms. The fraction of sp³-hybridized carbons (Fsp3) is 0.727. The van der Waals surface area contributed by atoms with Gasteiger partial charge in [-0.2, -0.15) is 0 Å². The molecule has 3 saturated carbocycles. The fourth-order valence-corrected chi connectivity index (χ4v) is 5.52. The Morgan fingerprint density at radius 1 is 1.23 bits per heavy atom. The molecule has 13 heavy (non-hydrogen) atoms. The van der Waals surface area contributed by atoms with Gasteiger partial charge in [-0.15, -0.1) is 0 Å². The van der Waals surface area contributed by atoms with Crippen LogP contribution in [0.25, 0.3) is 0 Å². The first-order chi connectivity index (χ1) is 6.27. The first kappa shape index (κ1) is 7.22. The van der Waals surface area contributed by atoms with Crippen molar-refractivity contribution in [2.75, 3.05) is 0 Å². The van der Waals surface area contributed by atoms with Crippen LogP contribution in [0.5, 0.6) is 0 Å². The zero-order chi connectivity index (χ0) is 8.74. The summed E-state index contributed by atoms with van der Waals surface area (Å²) < 4.78 is 1.35. The number of hydrogen-bond donors (Lipinski definition) is 0. The first-order valence-electron chi connectivity index (χ1n) is 5.17. The van der Waals surface area contributed by atoms with Gasteiger partial charge in [0.05, 0.1) is 0 Å². The summed E-state index contributed by atoms with van der Waals surface area (Å²) in [6.07, 6.45) is 4.64. The summed E-state index contributed by atoms with van der Waals surface area (Å²) >= 11 is 3.65. The molecule has 4 rings (SSSR count). The standard InChI is InChI=1S/C11H11BrO/c12-8-2-4-5-3-9(13)11-7(5)1-6(4)10(8)11/h2,4-7,10-11H,1,3H2/t4-,5-,6+,7-,10-,11-/m1/s1. The van der Waals surface area contributed by atoms with Crippen molar-refractivity contribution < 1.29 is 4.79 Å². The highest BCUT2D eigenvalue weighted by molar-refractivity contribution is 9.11. The normalized spacial score (nSPS) is 60.7. The van der Waals surface area contributed by atoms with Gasteiger partial charge < -0.3 is 0 Å². The van der Waals surface area contributed by atoms with E-state index in [2.05, 4.69) is 22.0 Å². The summed E-state index contributed by atoms with van der Waals surface area (Å²) in [7, 11) is 0. The summed E-state index contributed by atoms with van der Waals surface area (Å²) in [6, 6.07) is 0. The molecule has 68 valence electrons. The minimum absolute atomic E-state index is 0.416. The molecule has 0 N–H and O–H groups in total. The second-order valence-electron chi connectivity index (χ2n) is 5.08. The van der Waals surface area contributed by atoms with Crippen molar-refractivity contribution in [3.63, 3.8) is 0 Å². The quantitative estimate of drug-likeness (QED) is 0.634. The summed E-state index contributed by atoms with van der Waals surface area (Å²) in [6.45, 7) is 0. The number of ketones is 1. The summed E-state index contributed by atoms with van der Waals surface area (Å²) in [5.74, 6) is 4.66. The van der Waals surface area contributed by atoms with Crippen LogP contribution in [0.3, 0.4) is 0 Å². The molecule has 1 nitrogen and oxygen atoms in total. The van der Waals surface area contributed by atoms with Crippen molar-refractivity contribution in [3.05, 3.63) is 10.6 Å². The highest BCUT2D eigenvalue weighted by Crippen LogP contribution is 2.69. The lowest BCUT2D eigenvalue weighted by atomic mass is 9.79. The Bertz CT molecular complexity index is 346. The Morgan fingerprint density at radius 2 is 2.08 bits per heavy atom. The topological polar surface area (TPSA) is 17.1 Å². The number of rotatable bonds is 0. The van der Waals surface area contributed by atoms with Crippen molar-refractivity contribution >= 4 is 21.7 Å². The molecule has 0 saturated heterocycles. The van der Waals surface area contributed by atoms with Gasteiger partial charge in [0.25, 0.3) is 0 Å². The van der Waals surface area contributed by atoms with E-state index in [1.165, 1.54) is 10.9 Å². The fourth-order valence-electron chi connectivity index (χ4n) is 4.59. The monoisotopic (exact) mass is 238 g/mol. The van der Waals surface area contributed by atoms with Crippen molar-refractivity contribution in [2.24, 2.45) is 35.5 Å². The van der Waals surface area contributed by atoms with E-state index in [4.69, 9.17) is 0 Å². The maximum atomic E-state index is 11.8. The Labute approximate surface area is 85.7 Å². The molecule has 6 atom stereocenters. The van der Waals surface area contributed by atoms with Crippen LogP contribution in [-0.2, 0) is 4.79 Å². The average Bonchev–Trinajstić information content (AvgIpc) is 2.67. The minimum atomic E-state index is 0.416. The molecule has 3 fully saturated rings. The number of hydrogen-bond acceptors (Lipinski definition) is 1. The Hall–Kier alpha value is -0.110. The van der Waals surface area contributed by atoms with Crippen LogP contribution in [0.1, 0.15) is 12.8 Å². The maximum absolute atomic E-state index is 11.8. The smallest absolute Gasteiger partial charge is 0.137 e. The number of allylic oxidation sites excluding steroid dienone is 2. The Kier molecular flexibility index (Phi) is 1.08. The molecular weight excluding hydrogens is 228 g/mol. The summed E-state index contributed by atoms with van der Waals surface area (Å²) in [5, 5.41) is 0. The minimum Gasteiger partial charge on any atom is -0.299 e. The number of fused-ring (bicyclic) bond motifs is 2. The highest BCUT2D eigenvalue weighted by Gasteiger charge is 2.66. The SMILES string of the molecule is O=C1C[C@@H]2[C@H]3C=C(Br)[C@H]4[C@H]3C[C@H]2[C@H]14. The lowest BCUT2D eigenvalue weighted by molar-refractivity contribution is -0.121. The van der Waals surface area contributed by atoms with Gasteiger partial charge in [0.1, 0.15) is 5.78 Å². The molecule has 4 aliphatic carbocycles. The van der Waals surface area contributed by atoms with Crippen LogP contribution in [0.2, 0.25) is 0 Å². The molecule has 0 heterocycles. The molecule has 0 aromatic heterocycles. The number of halogens is 1. The van der Waals surface area contributed by atoms with Gasteiger partial charge in [0.15, 0.2) is 0 Å². The van der Waals surface area contributed by atoms with Gasteiger partial charge in [-0.1, -0.05) is 22.0 Å². The van der Waals surface area contributed by atoms with E-state index in [1.54, 1.807) is 0 Å². The van der Waals surface area contributed by atoms with Gasteiger partial charge >= 0.3 is 0 Å². The number of carbonyl (C=O) groups is 1. The van der Waals surface area contributed by atoms with Crippen LogP contribution in [-0.4, -0.2) is 5.78 Å². The molecule has 0 unspecified atom stereocenters. The van der Waals surface area contributed by atoms with E-state index in [0.29, 0.717) is 17.6 Å². The maximum Gasteiger partial charge on any atom is 0.137 e. The Balaban J connectivity index is 1.96. The van der Waals surface area contributed by atoms with E-state index >= 15 is 0 Å². The van der Waals surface area contributed by atoms with E-state index in [-0.39, 0.29) is 0 Å². The summed E-state index contributed by atoms with van der Waals surface area (Å²) in [5.41, 5.74) is 0. The van der Waals surface area contributed by atoms with E-state index in [9.17, 15) is 4.79 Å². The van der Waals surface area contributed by atoms with Crippen LogP contribution in [0.4, 0.5) is 0 Å². The number of Topliss-reactive ketones (excluding diaryl/α,β-unsaturated/α-hetero) is 1. The molecule has 0 amide bonds. The van der Waals surface area contributed by atoms with Crippen molar-refractivity contribution in [1.82, 2.24) is 0 Å². The third-order valence-electron chi connectivity index (χ3n) is 4.87. The molecular formula is C11H11BrO. The average molecular weight is 239 g/mol. The summed E-state index contributed by atoms with van der Waals surface area (Å²) in [4.78, 5) is 11.8. The molecule has 0 radical (unpaired) electrons. The first-order valence-corrected chi connectivity index (χ1v) is 5.96. The molecule has 4 aliphatic rings. The second-order valence-corrected chi connectivity index (χ2v) is 5.99. The van der Waals surface area contributed by atoms with Crippen LogP contribution < -0.4 is 0 Å². The predicted octanol–water partition coefficient (Wildman–Crippen LogP) is 2.37. The van der Waals surface area contributed by atoms with Gasteiger partial charge in [0, 0.05) is 18.3 Å². The lowest BCUT2D eigenvalue weighted by Gasteiger charge is -2.25. The molecule has 0 aromatic carbocycles.